The Morgan fingerprint density at radius 2 is 1.81 bits per heavy atom. The SMILES string of the molecule is CCN(C[C@H]1O[C@@H](N)[C@H](O)[C@@H]1O)[C@H]1C[C@H](CCC2Nc3ccc(C(C)(C)C)cc3N2)C1. The maximum absolute atomic E-state index is 10.1. The van der Waals surface area contributed by atoms with Gasteiger partial charge in [0, 0.05) is 12.6 Å². The van der Waals surface area contributed by atoms with Crippen LogP contribution in [0.4, 0.5) is 11.4 Å². The van der Waals surface area contributed by atoms with Gasteiger partial charge in [-0.1, -0.05) is 33.8 Å². The van der Waals surface area contributed by atoms with Gasteiger partial charge in [0.25, 0.3) is 0 Å². The van der Waals surface area contributed by atoms with Crippen molar-refractivity contribution in [1.82, 2.24) is 4.90 Å². The Labute approximate surface area is 186 Å². The van der Waals surface area contributed by atoms with Crippen LogP contribution in [0.1, 0.15) is 58.9 Å². The fraction of sp³-hybridized carbons (Fsp3) is 0.750. The van der Waals surface area contributed by atoms with Gasteiger partial charge in [0.05, 0.1) is 17.5 Å². The highest BCUT2D eigenvalue weighted by atomic mass is 16.6. The topological polar surface area (TPSA) is 103 Å². The summed E-state index contributed by atoms with van der Waals surface area (Å²) < 4.78 is 5.56. The predicted molar refractivity (Wildman–Crippen MR) is 124 cm³/mol. The summed E-state index contributed by atoms with van der Waals surface area (Å²) in [5, 5.41) is 27.3. The van der Waals surface area contributed by atoms with Gasteiger partial charge >= 0.3 is 0 Å². The number of ether oxygens (including phenoxy) is 1. The van der Waals surface area contributed by atoms with Crippen LogP contribution < -0.4 is 16.4 Å². The van der Waals surface area contributed by atoms with Gasteiger partial charge in [-0.3, -0.25) is 4.90 Å². The first-order chi connectivity index (χ1) is 14.7. The van der Waals surface area contributed by atoms with E-state index in [4.69, 9.17) is 10.5 Å². The number of hydrogen-bond acceptors (Lipinski definition) is 7. The second kappa shape index (κ2) is 8.87. The number of aliphatic hydroxyl groups excluding tert-OH is 2. The fourth-order valence-electron chi connectivity index (χ4n) is 5.14. The van der Waals surface area contributed by atoms with Gasteiger partial charge in [-0.25, -0.2) is 0 Å². The fourth-order valence-corrected chi connectivity index (χ4v) is 5.14. The molecule has 1 aromatic rings. The van der Waals surface area contributed by atoms with E-state index in [2.05, 4.69) is 61.4 Å². The average Bonchev–Trinajstić information content (AvgIpc) is 3.20. The smallest absolute Gasteiger partial charge is 0.135 e. The lowest BCUT2D eigenvalue weighted by molar-refractivity contribution is -0.0307. The number of likely N-dealkylation sites (N-methyl/N-ethyl adjacent to an activating group) is 1. The van der Waals surface area contributed by atoms with Crippen LogP contribution in [0, 0.1) is 5.92 Å². The van der Waals surface area contributed by atoms with Crippen LogP contribution in [0.3, 0.4) is 0 Å². The van der Waals surface area contributed by atoms with Crippen LogP contribution in [0.15, 0.2) is 18.2 Å². The lowest BCUT2D eigenvalue weighted by Crippen LogP contribution is -2.49. The van der Waals surface area contributed by atoms with Crippen LogP contribution >= 0.6 is 0 Å². The molecule has 0 amide bonds. The van der Waals surface area contributed by atoms with Crippen LogP contribution in [-0.4, -0.2) is 64.9 Å². The molecule has 0 radical (unpaired) electrons. The molecule has 4 rings (SSSR count). The van der Waals surface area contributed by atoms with Crippen molar-refractivity contribution >= 4 is 11.4 Å². The van der Waals surface area contributed by atoms with E-state index in [0.29, 0.717) is 18.8 Å². The Kier molecular flexibility index (Phi) is 6.52. The molecule has 0 spiro atoms. The highest BCUT2D eigenvalue weighted by Gasteiger charge is 2.43. The summed E-state index contributed by atoms with van der Waals surface area (Å²) in [6.07, 6.45) is 1.87. The van der Waals surface area contributed by atoms with E-state index in [0.717, 1.165) is 18.9 Å². The third-order valence-electron chi connectivity index (χ3n) is 7.36. The summed E-state index contributed by atoms with van der Waals surface area (Å²) in [5.74, 6) is 0.735. The summed E-state index contributed by atoms with van der Waals surface area (Å²) >= 11 is 0. The molecule has 5 atom stereocenters. The zero-order chi connectivity index (χ0) is 22.3. The number of aliphatic hydroxyl groups is 2. The van der Waals surface area contributed by atoms with Crippen molar-refractivity contribution in [2.24, 2.45) is 11.7 Å². The van der Waals surface area contributed by atoms with Crippen molar-refractivity contribution in [1.29, 1.82) is 0 Å². The molecule has 0 bridgehead atoms. The monoisotopic (exact) mass is 432 g/mol. The van der Waals surface area contributed by atoms with Gasteiger partial charge in [-0.15, -0.1) is 0 Å². The minimum atomic E-state index is -0.993. The number of nitrogens with zero attached hydrogens (tertiary/aromatic N) is 1. The van der Waals surface area contributed by atoms with Crippen molar-refractivity contribution in [3.8, 4) is 0 Å². The van der Waals surface area contributed by atoms with E-state index >= 15 is 0 Å². The van der Waals surface area contributed by atoms with Gasteiger partial charge in [-0.05, 0) is 61.3 Å². The molecule has 3 aliphatic rings. The maximum atomic E-state index is 10.1. The van der Waals surface area contributed by atoms with Crippen molar-refractivity contribution < 1.29 is 14.9 Å². The van der Waals surface area contributed by atoms with E-state index in [9.17, 15) is 10.2 Å². The summed E-state index contributed by atoms with van der Waals surface area (Å²) in [7, 11) is 0. The van der Waals surface area contributed by atoms with Gasteiger partial charge < -0.3 is 31.3 Å². The van der Waals surface area contributed by atoms with Crippen LogP contribution in [0.2, 0.25) is 0 Å². The number of fused-ring (bicyclic) bond motifs is 1. The van der Waals surface area contributed by atoms with Crippen LogP contribution in [0.25, 0.3) is 0 Å². The van der Waals surface area contributed by atoms with Gasteiger partial charge in [-0.2, -0.15) is 0 Å². The van der Waals surface area contributed by atoms with Gasteiger partial charge in [0.2, 0.25) is 0 Å². The molecule has 2 fully saturated rings. The molecule has 1 unspecified atom stereocenters. The number of anilines is 2. The molecule has 1 aromatic carbocycles. The molecule has 0 aromatic heterocycles. The molecule has 1 saturated heterocycles. The number of nitrogens with one attached hydrogen (secondary N) is 2. The van der Waals surface area contributed by atoms with Gasteiger partial charge in [0.1, 0.15) is 24.5 Å². The minimum absolute atomic E-state index is 0.156. The quantitative estimate of drug-likeness (QED) is 0.451. The van der Waals surface area contributed by atoms with Gasteiger partial charge in [0.15, 0.2) is 0 Å². The normalized spacial score (nSPS) is 34.9. The Bertz CT molecular complexity index is 762. The lowest BCUT2D eigenvalue weighted by Gasteiger charge is -2.44. The summed E-state index contributed by atoms with van der Waals surface area (Å²) in [6.45, 7) is 10.4. The summed E-state index contributed by atoms with van der Waals surface area (Å²) in [6, 6.07) is 7.23. The Morgan fingerprint density at radius 1 is 1.10 bits per heavy atom. The molecule has 31 heavy (non-hydrogen) atoms. The molecular formula is C24H40N4O3. The van der Waals surface area contributed by atoms with Crippen LogP contribution in [0.5, 0.6) is 0 Å². The van der Waals surface area contributed by atoms with E-state index in [-0.39, 0.29) is 5.41 Å². The van der Waals surface area contributed by atoms with E-state index in [1.807, 2.05) is 0 Å². The summed E-state index contributed by atoms with van der Waals surface area (Å²) in [4.78, 5) is 2.37. The zero-order valence-electron chi connectivity index (χ0n) is 19.3. The number of benzene rings is 1. The molecule has 2 heterocycles. The third kappa shape index (κ3) is 4.86. The molecular weight excluding hydrogens is 392 g/mol. The second-order valence-corrected chi connectivity index (χ2v) is 10.6. The highest BCUT2D eigenvalue weighted by Crippen LogP contribution is 2.39. The molecule has 7 heteroatoms. The standard InChI is InChI=1S/C24H40N4O3/c1-5-28(13-19-21(29)22(30)23(25)31-19)16-10-14(11-16)6-9-20-26-17-8-7-15(24(2,3)4)12-18(17)27-20/h7-8,12,14,16,19-23,26-27,29-30H,5-6,9-11,13,25H2,1-4H3/t14-,16-,19-,20?,21-,22-,23-/m1/s1. The molecule has 1 saturated carbocycles. The molecule has 7 nitrogen and oxygen atoms in total. The molecule has 1 aliphatic carbocycles. The first-order valence-corrected chi connectivity index (χ1v) is 11.8. The highest BCUT2D eigenvalue weighted by molar-refractivity contribution is 5.75. The van der Waals surface area contributed by atoms with Crippen molar-refractivity contribution in [3.05, 3.63) is 23.8 Å². The first kappa shape index (κ1) is 22.8. The zero-order valence-corrected chi connectivity index (χ0v) is 19.3. The average molecular weight is 433 g/mol. The Morgan fingerprint density at radius 3 is 2.42 bits per heavy atom. The largest absolute Gasteiger partial charge is 0.387 e. The maximum Gasteiger partial charge on any atom is 0.135 e. The Balaban J connectivity index is 1.21. The Hall–Kier alpha value is -1.38. The predicted octanol–water partition coefficient (Wildman–Crippen LogP) is 2.43. The second-order valence-electron chi connectivity index (χ2n) is 10.6. The number of rotatable bonds is 7. The van der Waals surface area contributed by atoms with Crippen LogP contribution in [-0.2, 0) is 10.2 Å². The van der Waals surface area contributed by atoms with E-state index < -0.39 is 24.5 Å². The minimum Gasteiger partial charge on any atom is -0.387 e. The van der Waals surface area contributed by atoms with Crippen molar-refractivity contribution in [3.63, 3.8) is 0 Å². The number of hydrogen-bond donors (Lipinski definition) is 5. The van der Waals surface area contributed by atoms with E-state index in [1.54, 1.807) is 0 Å². The lowest BCUT2D eigenvalue weighted by atomic mass is 9.76. The third-order valence-corrected chi connectivity index (χ3v) is 7.36. The first-order valence-electron chi connectivity index (χ1n) is 11.8. The van der Waals surface area contributed by atoms with Crippen molar-refractivity contribution in [2.75, 3.05) is 23.7 Å². The molecule has 6 N–H and O–H groups in total. The summed E-state index contributed by atoms with van der Waals surface area (Å²) in [5.41, 5.74) is 9.65. The van der Waals surface area contributed by atoms with Crippen molar-refractivity contribution in [2.45, 2.75) is 95.5 Å². The molecule has 174 valence electrons. The molecule has 2 aliphatic heterocycles. The van der Waals surface area contributed by atoms with E-state index in [1.165, 1.54) is 36.2 Å². The number of nitrogens with two attached hydrogens (primary N) is 1.